The summed E-state index contributed by atoms with van der Waals surface area (Å²) in [5.41, 5.74) is 6.06. The number of hydrogen-bond acceptors (Lipinski definition) is 3. The van der Waals surface area contributed by atoms with Crippen LogP contribution < -0.4 is 5.73 Å². The van der Waals surface area contributed by atoms with Gasteiger partial charge in [-0.2, -0.15) is 0 Å². The summed E-state index contributed by atoms with van der Waals surface area (Å²) < 4.78 is 0. The summed E-state index contributed by atoms with van der Waals surface area (Å²) in [6, 6.07) is 1.44. The number of rotatable bonds is 4. The Morgan fingerprint density at radius 3 is 2.63 bits per heavy atom. The third-order valence-corrected chi connectivity index (χ3v) is 5.37. The molecule has 19 heavy (non-hydrogen) atoms. The fourth-order valence-electron chi connectivity index (χ4n) is 4.29. The summed E-state index contributed by atoms with van der Waals surface area (Å²) in [5.74, 6) is 1.68. The smallest absolute Gasteiger partial charge is 0.0198 e. The fourth-order valence-corrected chi connectivity index (χ4v) is 4.29. The first-order chi connectivity index (χ1) is 9.15. The van der Waals surface area contributed by atoms with E-state index in [4.69, 9.17) is 5.73 Å². The SMILES string of the molecule is CCCC1CCC(CN)C(N2CCN(C)CC2C)C1. The van der Waals surface area contributed by atoms with Crippen molar-refractivity contribution in [1.82, 2.24) is 9.80 Å². The maximum Gasteiger partial charge on any atom is 0.0198 e. The maximum absolute atomic E-state index is 6.06. The first-order valence-electron chi connectivity index (χ1n) is 8.30. The van der Waals surface area contributed by atoms with Gasteiger partial charge in [-0.3, -0.25) is 4.90 Å². The van der Waals surface area contributed by atoms with E-state index in [9.17, 15) is 0 Å². The zero-order chi connectivity index (χ0) is 13.8. The molecule has 2 rings (SSSR count). The third-order valence-electron chi connectivity index (χ3n) is 5.37. The lowest BCUT2D eigenvalue weighted by Gasteiger charge is -2.48. The highest BCUT2D eigenvalue weighted by Crippen LogP contribution is 2.35. The first kappa shape index (κ1) is 15.3. The molecule has 4 unspecified atom stereocenters. The highest BCUT2D eigenvalue weighted by Gasteiger charge is 2.36. The van der Waals surface area contributed by atoms with E-state index >= 15 is 0 Å². The van der Waals surface area contributed by atoms with Crippen molar-refractivity contribution in [2.45, 2.75) is 58.0 Å². The Morgan fingerprint density at radius 1 is 1.21 bits per heavy atom. The highest BCUT2D eigenvalue weighted by molar-refractivity contribution is 4.91. The molecule has 3 nitrogen and oxygen atoms in total. The van der Waals surface area contributed by atoms with E-state index in [0.29, 0.717) is 6.04 Å². The zero-order valence-corrected chi connectivity index (χ0v) is 13.1. The van der Waals surface area contributed by atoms with Gasteiger partial charge in [0.1, 0.15) is 0 Å². The Labute approximate surface area is 119 Å². The van der Waals surface area contributed by atoms with Crippen molar-refractivity contribution in [1.29, 1.82) is 0 Å². The van der Waals surface area contributed by atoms with E-state index < -0.39 is 0 Å². The van der Waals surface area contributed by atoms with Gasteiger partial charge in [-0.15, -0.1) is 0 Å². The summed E-state index contributed by atoms with van der Waals surface area (Å²) in [4.78, 5) is 5.24. The van der Waals surface area contributed by atoms with Crippen LogP contribution in [0.25, 0.3) is 0 Å². The number of piperazine rings is 1. The molecule has 0 aromatic rings. The molecule has 1 saturated heterocycles. The largest absolute Gasteiger partial charge is 0.330 e. The van der Waals surface area contributed by atoms with Crippen LogP contribution in [0.3, 0.4) is 0 Å². The Hall–Kier alpha value is -0.120. The van der Waals surface area contributed by atoms with Crippen LogP contribution in [0.4, 0.5) is 0 Å². The number of nitrogens with zero attached hydrogens (tertiary/aromatic N) is 2. The van der Waals surface area contributed by atoms with Crippen LogP contribution >= 0.6 is 0 Å². The Kier molecular flexibility index (Phi) is 5.67. The van der Waals surface area contributed by atoms with Gasteiger partial charge < -0.3 is 10.6 Å². The molecule has 1 aliphatic heterocycles. The van der Waals surface area contributed by atoms with Crippen molar-refractivity contribution >= 4 is 0 Å². The van der Waals surface area contributed by atoms with Crippen molar-refractivity contribution in [3.8, 4) is 0 Å². The lowest BCUT2D eigenvalue weighted by atomic mass is 9.75. The molecule has 1 heterocycles. The van der Waals surface area contributed by atoms with Crippen molar-refractivity contribution in [2.75, 3.05) is 33.2 Å². The molecule has 3 heteroatoms. The van der Waals surface area contributed by atoms with Crippen molar-refractivity contribution in [3.63, 3.8) is 0 Å². The molecule has 0 bridgehead atoms. The minimum atomic E-state index is 0.693. The number of nitrogens with two attached hydrogens (primary N) is 1. The fraction of sp³-hybridized carbons (Fsp3) is 1.00. The molecule has 2 fully saturated rings. The molecule has 0 spiro atoms. The predicted octanol–water partition coefficient (Wildman–Crippen LogP) is 2.17. The normalized spacial score (nSPS) is 38.5. The van der Waals surface area contributed by atoms with Gasteiger partial charge in [0.2, 0.25) is 0 Å². The van der Waals surface area contributed by atoms with Gasteiger partial charge in [0.15, 0.2) is 0 Å². The molecule has 1 saturated carbocycles. The van der Waals surface area contributed by atoms with Gasteiger partial charge in [-0.05, 0) is 45.2 Å². The molecule has 0 radical (unpaired) electrons. The summed E-state index contributed by atoms with van der Waals surface area (Å²) in [7, 11) is 2.25. The van der Waals surface area contributed by atoms with Crippen LogP contribution in [0.2, 0.25) is 0 Å². The monoisotopic (exact) mass is 267 g/mol. The first-order valence-corrected chi connectivity index (χ1v) is 8.30. The van der Waals surface area contributed by atoms with Crippen molar-refractivity contribution in [3.05, 3.63) is 0 Å². The van der Waals surface area contributed by atoms with E-state index in [0.717, 1.165) is 24.4 Å². The van der Waals surface area contributed by atoms with Crippen LogP contribution in [0.1, 0.15) is 46.0 Å². The highest BCUT2D eigenvalue weighted by atomic mass is 15.3. The number of likely N-dealkylation sites (N-methyl/N-ethyl adjacent to an activating group) is 1. The van der Waals surface area contributed by atoms with Gasteiger partial charge in [0.25, 0.3) is 0 Å². The van der Waals surface area contributed by atoms with Gasteiger partial charge in [0.05, 0.1) is 0 Å². The number of hydrogen-bond donors (Lipinski definition) is 1. The molecule has 4 atom stereocenters. The van der Waals surface area contributed by atoms with Crippen molar-refractivity contribution < 1.29 is 0 Å². The third kappa shape index (κ3) is 3.71. The summed E-state index contributed by atoms with van der Waals surface area (Å²) in [6.07, 6.45) is 6.90. The summed E-state index contributed by atoms with van der Waals surface area (Å²) in [5, 5.41) is 0. The average molecular weight is 267 g/mol. The quantitative estimate of drug-likeness (QED) is 0.847. The molecular weight excluding hydrogens is 234 g/mol. The molecule has 0 amide bonds. The van der Waals surface area contributed by atoms with E-state index in [1.54, 1.807) is 0 Å². The minimum Gasteiger partial charge on any atom is -0.330 e. The second-order valence-electron chi connectivity index (χ2n) is 6.88. The average Bonchev–Trinajstić information content (AvgIpc) is 2.39. The van der Waals surface area contributed by atoms with Gasteiger partial charge >= 0.3 is 0 Å². The van der Waals surface area contributed by atoms with Crippen LogP contribution in [0.15, 0.2) is 0 Å². The second-order valence-corrected chi connectivity index (χ2v) is 6.88. The Balaban J connectivity index is 2.00. The minimum absolute atomic E-state index is 0.693. The molecular formula is C16H33N3. The lowest BCUT2D eigenvalue weighted by Crippen LogP contribution is -2.58. The molecule has 0 aromatic heterocycles. The molecule has 2 aliphatic rings. The maximum atomic E-state index is 6.06. The van der Waals surface area contributed by atoms with Crippen LogP contribution in [-0.4, -0.2) is 55.1 Å². The van der Waals surface area contributed by atoms with Gasteiger partial charge in [-0.1, -0.05) is 26.2 Å². The molecule has 2 N–H and O–H groups in total. The van der Waals surface area contributed by atoms with E-state index in [-0.39, 0.29) is 0 Å². The van der Waals surface area contributed by atoms with Gasteiger partial charge in [-0.25, -0.2) is 0 Å². The molecule has 112 valence electrons. The Bertz CT molecular complexity index is 269. The van der Waals surface area contributed by atoms with Gasteiger partial charge in [0, 0.05) is 31.7 Å². The predicted molar refractivity (Wildman–Crippen MR) is 82.2 cm³/mol. The molecule has 0 aromatic carbocycles. The van der Waals surface area contributed by atoms with E-state index in [1.807, 2.05) is 0 Å². The molecule has 1 aliphatic carbocycles. The summed E-state index contributed by atoms with van der Waals surface area (Å²) in [6.45, 7) is 9.26. The van der Waals surface area contributed by atoms with E-state index in [2.05, 4.69) is 30.7 Å². The van der Waals surface area contributed by atoms with E-state index in [1.165, 1.54) is 51.7 Å². The summed E-state index contributed by atoms with van der Waals surface area (Å²) >= 11 is 0. The lowest BCUT2D eigenvalue weighted by molar-refractivity contribution is 0.00778. The zero-order valence-electron chi connectivity index (χ0n) is 13.1. The topological polar surface area (TPSA) is 32.5 Å². The van der Waals surface area contributed by atoms with Crippen LogP contribution in [0.5, 0.6) is 0 Å². The Morgan fingerprint density at radius 2 is 2.00 bits per heavy atom. The van der Waals surface area contributed by atoms with Crippen LogP contribution in [0, 0.1) is 11.8 Å². The standard InChI is InChI=1S/C16H33N3/c1-4-5-14-6-7-15(11-17)16(10-14)19-9-8-18(3)12-13(19)2/h13-16H,4-12,17H2,1-3H3. The van der Waals surface area contributed by atoms with Crippen LogP contribution in [-0.2, 0) is 0 Å². The van der Waals surface area contributed by atoms with Crippen molar-refractivity contribution in [2.24, 2.45) is 17.6 Å². The second kappa shape index (κ2) is 7.05.